The molecule has 0 aromatic heterocycles. The lowest BCUT2D eigenvalue weighted by molar-refractivity contribution is 0.0997. The average molecular weight is 282 g/mol. The van der Waals surface area contributed by atoms with Gasteiger partial charge >= 0.3 is 0 Å². The van der Waals surface area contributed by atoms with Crippen LogP contribution in [-0.4, -0.2) is 28.8 Å². The molecule has 1 saturated heterocycles. The molecular weight excluding hydrogens is 266 g/mol. The Morgan fingerprint density at radius 2 is 1.78 bits per heavy atom. The van der Waals surface area contributed by atoms with Crippen molar-refractivity contribution in [3.8, 4) is 0 Å². The molecule has 1 fully saturated rings. The molecule has 2 rings (SSSR count). The van der Waals surface area contributed by atoms with Crippen LogP contribution in [0.1, 0.15) is 36.0 Å². The van der Waals surface area contributed by atoms with E-state index < -0.39 is 0 Å². The van der Waals surface area contributed by atoms with E-state index in [2.05, 4.69) is 4.90 Å². The smallest absolute Gasteiger partial charge is 0.169 e. The van der Waals surface area contributed by atoms with Crippen molar-refractivity contribution in [2.75, 3.05) is 13.1 Å². The fourth-order valence-corrected chi connectivity index (χ4v) is 2.57. The first-order valence-electron chi connectivity index (χ1n) is 6.23. The van der Waals surface area contributed by atoms with E-state index in [-0.39, 0.29) is 5.78 Å². The molecule has 0 radical (unpaired) electrons. The van der Waals surface area contributed by atoms with Gasteiger partial charge in [-0.1, -0.05) is 23.8 Å². The number of likely N-dealkylation sites (tertiary alicyclic amines) is 1. The molecule has 0 amide bonds. The second kappa shape index (κ2) is 6.30. The highest BCUT2D eigenvalue weighted by atomic mass is 35.5. The number of hydrogen-bond donors (Lipinski definition) is 0. The maximum atomic E-state index is 12.1. The molecule has 1 aromatic rings. The maximum absolute atomic E-state index is 12.1. The molecule has 2 nitrogen and oxygen atoms in total. The zero-order valence-electron chi connectivity index (χ0n) is 10.2. The number of carbonyl (C=O) groups is 1. The minimum atomic E-state index is 0.0715. The third kappa shape index (κ3) is 3.53. The Bertz CT molecular complexity index is 438. The molecule has 0 N–H and O–H groups in total. The molecule has 1 aromatic carbocycles. The highest BCUT2D eigenvalue weighted by Crippen LogP contribution is 2.14. The highest BCUT2D eigenvalue weighted by molar-refractivity contribution is 7.80. The van der Waals surface area contributed by atoms with Gasteiger partial charge in [0.1, 0.15) is 0 Å². The number of ketones is 1. The van der Waals surface area contributed by atoms with Gasteiger partial charge < -0.3 is 4.90 Å². The topological polar surface area (TPSA) is 20.3 Å². The summed E-state index contributed by atoms with van der Waals surface area (Å²) in [6.45, 7) is 1.99. The molecular formula is C14H16ClNOS. The minimum absolute atomic E-state index is 0.0715. The number of rotatable bonds is 3. The summed E-state index contributed by atoms with van der Waals surface area (Å²) in [5, 5.41) is 0.644. The molecule has 0 atom stereocenters. The van der Waals surface area contributed by atoms with Crippen LogP contribution in [0.25, 0.3) is 0 Å². The Labute approximate surface area is 118 Å². The Morgan fingerprint density at radius 1 is 1.17 bits per heavy atom. The summed E-state index contributed by atoms with van der Waals surface area (Å²) in [7, 11) is 0. The van der Waals surface area contributed by atoms with E-state index in [4.69, 9.17) is 23.8 Å². The molecule has 0 spiro atoms. The van der Waals surface area contributed by atoms with Gasteiger partial charge in [-0.25, -0.2) is 0 Å². The third-order valence-electron chi connectivity index (χ3n) is 3.19. The van der Waals surface area contributed by atoms with Gasteiger partial charge in [0, 0.05) is 23.7 Å². The van der Waals surface area contributed by atoms with Crippen molar-refractivity contribution in [1.82, 2.24) is 4.90 Å². The van der Waals surface area contributed by atoms with E-state index in [0.29, 0.717) is 17.0 Å². The van der Waals surface area contributed by atoms with Gasteiger partial charge in [0.25, 0.3) is 0 Å². The SMILES string of the molecule is O=C(CC(=S)N1CCCCC1)c1ccc(Cl)cc1. The Balaban J connectivity index is 1.94. The molecule has 1 aliphatic rings. The van der Waals surface area contributed by atoms with Crippen molar-refractivity contribution in [3.63, 3.8) is 0 Å². The van der Waals surface area contributed by atoms with Crippen LogP contribution in [0.2, 0.25) is 5.02 Å². The maximum Gasteiger partial charge on any atom is 0.169 e. The summed E-state index contributed by atoms with van der Waals surface area (Å²) in [6.07, 6.45) is 3.95. The normalized spacial score (nSPS) is 15.5. The van der Waals surface area contributed by atoms with Gasteiger partial charge in [-0.2, -0.15) is 0 Å². The van der Waals surface area contributed by atoms with Crippen LogP contribution in [0.15, 0.2) is 24.3 Å². The van der Waals surface area contributed by atoms with Crippen LogP contribution in [0.4, 0.5) is 0 Å². The highest BCUT2D eigenvalue weighted by Gasteiger charge is 2.16. The van der Waals surface area contributed by atoms with Crippen molar-refractivity contribution < 1.29 is 4.79 Å². The van der Waals surface area contributed by atoms with Gasteiger partial charge in [0.2, 0.25) is 0 Å². The van der Waals surface area contributed by atoms with Gasteiger partial charge in [0.15, 0.2) is 5.78 Å². The standard InChI is InChI=1S/C14H16ClNOS/c15-12-6-4-11(5-7-12)13(17)10-14(18)16-8-2-1-3-9-16/h4-7H,1-3,8-10H2. The second-order valence-corrected chi connectivity index (χ2v) is 5.46. The molecule has 0 aliphatic carbocycles. The molecule has 1 heterocycles. The predicted octanol–water partition coefficient (Wildman–Crippen LogP) is 3.73. The largest absolute Gasteiger partial charge is 0.366 e. The van der Waals surface area contributed by atoms with Gasteiger partial charge in [0.05, 0.1) is 11.4 Å². The lowest BCUT2D eigenvalue weighted by Gasteiger charge is -2.28. The van der Waals surface area contributed by atoms with Crippen molar-refractivity contribution in [2.24, 2.45) is 0 Å². The summed E-state index contributed by atoms with van der Waals surface area (Å²) < 4.78 is 0. The van der Waals surface area contributed by atoms with Crippen molar-refractivity contribution >= 4 is 34.6 Å². The number of benzene rings is 1. The van der Waals surface area contributed by atoms with Crippen molar-refractivity contribution in [2.45, 2.75) is 25.7 Å². The average Bonchev–Trinajstić information content (AvgIpc) is 2.40. The Hall–Kier alpha value is -0.930. The lowest BCUT2D eigenvalue weighted by Crippen LogP contribution is -2.35. The number of piperidine rings is 1. The summed E-state index contributed by atoms with van der Waals surface area (Å²) >= 11 is 11.2. The first-order valence-corrected chi connectivity index (χ1v) is 7.02. The monoisotopic (exact) mass is 281 g/mol. The quantitative estimate of drug-likeness (QED) is 0.622. The Kier molecular flexibility index (Phi) is 4.72. The number of halogens is 1. The number of carbonyl (C=O) groups excluding carboxylic acids is 1. The van der Waals surface area contributed by atoms with E-state index in [1.54, 1.807) is 24.3 Å². The molecule has 0 bridgehead atoms. The number of thiocarbonyl (C=S) groups is 1. The van der Waals surface area contributed by atoms with E-state index in [0.717, 1.165) is 18.1 Å². The van der Waals surface area contributed by atoms with Crippen LogP contribution in [0.5, 0.6) is 0 Å². The van der Waals surface area contributed by atoms with Crippen LogP contribution in [0.3, 0.4) is 0 Å². The summed E-state index contributed by atoms with van der Waals surface area (Å²) in [6, 6.07) is 6.98. The van der Waals surface area contributed by atoms with Gasteiger partial charge in [-0.05, 0) is 43.5 Å². The Morgan fingerprint density at radius 3 is 2.39 bits per heavy atom. The second-order valence-electron chi connectivity index (χ2n) is 4.55. The molecule has 1 aliphatic heterocycles. The molecule has 0 saturated carbocycles. The van der Waals surface area contributed by atoms with Gasteiger partial charge in [-0.3, -0.25) is 4.79 Å². The summed E-state index contributed by atoms with van der Waals surface area (Å²) in [4.78, 5) is 15.0. The lowest BCUT2D eigenvalue weighted by atomic mass is 10.1. The third-order valence-corrected chi connectivity index (χ3v) is 3.84. The fourth-order valence-electron chi connectivity index (χ4n) is 2.13. The van der Waals surface area contributed by atoms with E-state index in [9.17, 15) is 4.79 Å². The molecule has 0 unspecified atom stereocenters. The number of Topliss-reactive ketones (excluding diaryl/α,β-unsaturated/α-hetero) is 1. The first-order chi connectivity index (χ1) is 8.66. The zero-order chi connectivity index (χ0) is 13.0. The van der Waals surface area contributed by atoms with Crippen molar-refractivity contribution in [3.05, 3.63) is 34.9 Å². The summed E-state index contributed by atoms with van der Waals surface area (Å²) in [5.74, 6) is 0.0715. The van der Waals surface area contributed by atoms with Crippen LogP contribution in [0, 0.1) is 0 Å². The van der Waals surface area contributed by atoms with Crippen LogP contribution in [-0.2, 0) is 0 Å². The number of hydrogen-bond acceptors (Lipinski definition) is 2. The first kappa shape index (κ1) is 13.5. The molecule has 96 valence electrons. The fraction of sp³-hybridized carbons (Fsp3) is 0.429. The molecule has 18 heavy (non-hydrogen) atoms. The van der Waals surface area contributed by atoms with Crippen LogP contribution < -0.4 is 0 Å². The van der Waals surface area contributed by atoms with Gasteiger partial charge in [-0.15, -0.1) is 0 Å². The minimum Gasteiger partial charge on any atom is -0.366 e. The zero-order valence-corrected chi connectivity index (χ0v) is 11.8. The predicted molar refractivity (Wildman–Crippen MR) is 78.4 cm³/mol. The van der Waals surface area contributed by atoms with E-state index in [1.165, 1.54) is 19.3 Å². The van der Waals surface area contributed by atoms with Crippen LogP contribution >= 0.6 is 23.8 Å². The number of nitrogens with zero attached hydrogens (tertiary/aromatic N) is 1. The van der Waals surface area contributed by atoms with E-state index in [1.807, 2.05) is 0 Å². The van der Waals surface area contributed by atoms with E-state index >= 15 is 0 Å². The van der Waals surface area contributed by atoms with Crippen molar-refractivity contribution in [1.29, 1.82) is 0 Å². The summed E-state index contributed by atoms with van der Waals surface area (Å²) in [5.41, 5.74) is 0.679. The molecule has 4 heteroatoms.